The zero-order chi connectivity index (χ0) is 16.4. The van der Waals surface area contributed by atoms with Crippen LogP contribution in [0.25, 0.3) is 0 Å². The molecule has 2 fully saturated rings. The van der Waals surface area contributed by atoms with Crippen molar-refractivity contribution in [3.8, 4) is 0 Å². The van der Waals surface area contributed by atoms with Crippen LogP contribution in [0.5, 0.6) is 0 Å². The minimum atomic E-state index is -3.35. The van der Waals surface area contributed by atoms with E-state index in [0.717, 1.165) is 19.2 Å². The summed E-state index contributed by atoms with van der Waals surface area (Å²) in [7, 11) is -3.35. The number of nitrogens with one attached hydrogen (secondary N) is 1. The smallest absolute Gasteiger partial charge is 0.253 e. The zero-order valence-corrected chi connectivity index (χ0v) is 13.8. The number of carbonyl (C=O) groups excluding carboxylic acids is 2. The van der Waals surface area contributed by atoms with Crippen molar-refractivity contribution in [2.75, 3.05) is 45.6 Å². The van der Waals surface area contributed by atoms with Gasteiger partial charge in [-0.3, -0.25) is 9.59 Å². The van der Waals surface area contributed by atoms with Crippen LogP contribution in [0, 0.1) is 0 Å². The molecule has 2 rings (SSSR count). The van der Waals surface area contributed by atoms with Crippen LogP contribution in [0.2, 0.25) is 0 Å². The standard InChI is InChI=1S/C13H23N3O5S/c1-13(10-16(8-9-21-13)22(2,19)20)12(18)14-5-7-15-6-3-4-11(15)17/h3-10H2,1-2H3,(H,14,18)/t13-/m0/s1. The van der Waals surface area contributed by atoms with Gasteiger partial charge in [0.2, 0.25) is 15.9 Å². The lowest BCUT2D eigenvalue weighted by Crippen LogP contribution is -2.59. The molecule has 22 heavy (non-hydrogen) atoms. The number of hydrogen-bond donors (Lipinski definition) is 1. The lowest BCUT2D eigenvalue weighted by Gasteiger charge is -2.38. The molecule has 2 aliphatic heterocycles. The molecule has 0 unspecified atom stereocenters. The van der Waals surface area contributed by atoms with Gasteiger partial charge in [0.15, 0.2) is 5.60 Å². The van der Waals surface area contributed by atoms with Gasteiger partial charge in [0.05, 0.1) is 19.4 Å². The summed E-state index contributed by atoms with van der Waals surface area (Å²) >= 11 is 0. The molecule has 0 aliphatic carbocycles. The Hall–Kier alpha value is -1.19. The van der Waals surface area contributed by atoms with Gasteiger partial charge >= 0.3 is 0 Å². The highest BCUT2D eigenvalue weighted by Crippen LogP contribution is 2.19. The second-order valence-corrected chi connectivity index (χ2v) is 7.90. The predicted molar refractivity (Wildman–Crippen MR) is 79.6 cm³/mol. The van der Waals surface area contributed by atoms with Crippen LogP contribution in [-0.4, -0.2) is 80.6 Å². The highest BCUT2D eigenvalue weighted by atomic mass is 32.2. The topological polar surface area (TPSA) is 96.0 Å². The van der Waals surface area contributed by atoms with E-state index in [9.17, 15) is 18.0 Å². The summed E-state index contributed by atoms with van der Waals surface area (Å²) < 4.78 is 30.0. The number of carbonyl (C=O) groups is 2. The molecular formula is C13H23N3O5S. The Bertz CT molecular complexity index is 550. The van der Waals surface area contributed by atoms with E-state index >= 15 is 0 Å². The molecule has 2 saturated heterocycles. The second kappa shape index (κ2) is 6.51. The predicted octanol–water partition coefficient (Wildman–Crippen LogP) is -1.22. The van der Waals surface area contributed by atoms with Gasteiger partial charge in [0, 0.05) is 32.6 Å². The van der Waals surface area contributed by atoms with E-state index < -0.39 is 15.6 Å². The van der Waals surface area contributed by atoms with Crippen molar-refractivity contribution in [1.82, 2.24) is 14.5 Å². The van der Waals surface area contributed by atoms with Crippen LogP contribution < -0.4 is 5.32 Å². The fourth-order valence-electron chi connectivity index (χ4n) is 2.69. The Labute approximate surface area is 130 Å². The van der Waals surface area contributed by atoms with Gasteiger partial charge in [0.25, 0.3) is 5.91 Å². The summed E-state index contributed by atoms with van der Waals surface area (Å²) in [6, 6.07) is 0. The summed E-state index contributed by atoms with van der Waals surface area (Å²) in [5, 5.41) is 2.73. The van der Waals surface area contributed by atoms with Crippen molar-refractivity contribution in [2.24, 2.45) is 0 Å². The average Bonchev–Trinajstić information content (AvgIpc) is 2.83. The molecule has 0 aromatic heterocycles. The van der Waals surface area contributed by atoms with Gasteiger partial charge < -0.3 is 15.0 Å². The van der Waals surface area contributed by atoms with Crippen molar-refractivity contribution >= 4 is 21.8 Å². The Morgan fingerprint density at radius 2 is 2.14 bits per heavy atom. The quantitative estimate of drug-likeness (QED) is 0.680. The number of morpholine rings is 1. The molecule has 2 amide bonds. The van der Waals surface area contributed by atoms with E-state index in [1.165, 1.54) is 4.31 Å². The summed E-state index contributed by atoms with van der Waals surface area (Å²) in [6.07, 6.45) is 2.55. The lowest BCUT2D eigenvalue weighted by molar-refractivity contribution is -0.152. The van der Waals surface area contributed by atoms with Gasteiger partial charge in [0.1, 0.15) is 0 Å². The first-order chi connectivity index (χ1) is 10.2. The third-order valence-electron chi connectivity index (χ3n) is 4.03. The Morgan fingerprint density at radius 3 is 2.73 bits per heavy atom. The van der Waals surface area contributed by atoms with Crippen molar-refractivity contribution < 1.29 is 22.7 Å². The third-order valence-corrected chi connectivity index (χ3v) is 5.28. The Kier molecular flexibility index (Phi) is 5.08. The molecule has 0 bridgehead atoms. The highest BCUT2D eigenvalue weighted by molar-refractivity contribution is 7.88. The largest absolute Gasteiger partial charge is 0.363 e. The third kappa shape index (κ3) is 3.96. The van der Waals surface area contributed by atoms with Gasteiger partial charge in [-0.05, 0) is 13.3 Å². The van der Waals surface area contributed by atoms with Gasteiger partial charge in [-0.15, -0.1) is 0 Å². The first-order valence-electron chi connectivity index (χ1n) is 7.37. The molecule has 0 aromatic rings. The zero-order valence-electron chi connectivity index (χ0n) is 13.0. The SMILES string of the molecule is C[C@@]1(C(=O)NCCN2CCCC2=O)CN(S(C)(=O)=O)CCO1. The van der Waals surface area contributed by atoms with Crippen LogP contribution in [0.1, 0.15) is 19.8 Å². The number of rotatable bonds is 5. The Balaban J connectivity index is 1.86. The minimum Gasteiger partial charge on any atom is -0.363 e. The molecule has 126 valence electrons. The minimum absolute atomic E-state index is 0.000309. The maximum atomic E-state index is 12.3. The molecule has 0 spiro atoms. The number of ether oxygens (including phenoxy) is 1. The van der Waals surface area contributed by atoms with Crippen molar-refractivity contribution in [3.05, 3.63) is 0 Å². The molecular weight excluding hydrogens is 310 g/mol. The first-order valence-corrected chi connectivity index (χ1v) is 9.22. The molecule has 9 heteroatoms. The van der Waals surface area contributed by atoms with E-state index in [1.807, 2.05) is 0 Å². The van der Waals surface area contributed by atoms with Crippen LogP contribution in [0.15, 0.2) is 0 Å². The van der Waals surface area contributed by atoms with E-state index in [0.29, 0.717) is 19.5 Å². The van der Waals surface area contributed by atoms with E-state index in [2.05, 4.69) is 5.32 Å². The van der Waals surface area contributed by atoms with E-state index in [4.69, 9.17) is 4.74 Å². The van der Waals surface area contributed by atoms with Crippen LogP contribution >= 0.6 is 0 Å². The highest BCUT2D eigenvalue weighted by Gasteiger charge is 2.41. The van der Waals surface area contributed by atoms with Gasteiger partial charge in [-0.1, -0.05) is 0 Å². The fourth-order valence-corrected chi connectivity index (χ4v) is 3.57. The monoisotopic (exact) mass is 333 g/mol. The van der Waals surface area contributed by atoms with E-state index in [-0.39, 0.29) is 31.5 Å². The lowest BCUT2D eigenvalue weighted by atomic mass is 10.0. The molecule has 8 nitrogen and oxygen atoms in total. The molecule has 0 radical (unpaired) electrons. The number of hydrogen-bond acceptors (Lipinski definition) is 5. The normalized spacial score (nSPS) is 27.2. The molecule has 0 saturated carbocycles. The summed E-state index contributed by atoms with van der Waals surface area (Å²) in [6.45, 7) is 3.55. The fraction of sp³-hybridized carbons (Fsp3) is 0.846. The Morgan fingerprint density at radius 1 is 1.41 bits per heavy atom. The van der Waals surface area contributed by atoms with Crippen LogP contribution in [0.3, 0.4) is 0 Å². The van der Waals surface area contributed by atoms with Gasteiger partial charge in [-0.25, -0.2) is 8.42 Å². The molecule has 2 aliphatic rings. The van der Waals surface area contributed by atoms with Crippen molar-refractivity contribution in [3.63, 3.8) is 0 Å². The second-order valence-electron chi connectivity index (χ2n) is 5.92. The molecule has 1 N–H and O–H groups in total. The summed E-state index contributed by atoms with van der Waals surface area (Å²) in [4.78, 5) is 25.5. The number of nitrogens with zero attached hydrogens (tertiary/aromatic N) is 2. The molecule has 1 atom stereocenters. The van der Waals surface area contributed by atoms with Crippen LogP contribution in [-0.2, 0) is 24.3 Å². The van der Waals surface area contributed by atoms with E-state index in [1.54, 1.807) is 11.8 Å². The van der Waals surface area contributed by atoms with Gasteiger partial charge in [-0.2, -0.15) is 4.31 Å². The summed E-state index contributed by atoms with van der Waals surface area (Å²) in [5.74, 6) is -0.245. The maximum Gasteiger partial charge on any atom is 0.253 e. The summed E-state index contributed by atoms with van der Waals surface area (Å²) in [5.41, 5.74) is -1.20. The average molecular weight is 333 g/mol. The maximum absolute atomic E-state index is 12.3. The molecule has 2 heterocycles. The molecule has 0 aromatic carbocycles. The van der Waals surface area contributed by atoms with Crippen molar-refractivity contribution in [1.29, 1.82) is 0 Å². The number of sulfonamides is 1. The number of likely N-dealkylation sites (tertiary alicyclic amines) is 1. The van der Waals surface area contributed by atoms with Crippen LogP contribution in [0.4, 0.5) is 0 Å². The first kappa shape index (κ1) is 17.2. The van der Waals surface area contributed by atoms with Crippen molar-refractivity contribution in [2.45, 2.75) is 25.4 Å². The number of amides is 2.